The van der Waals surface area contributed by atoms with Gasteiger partial charge in [-0.05, 0) is 18.6 Å². The number of nitriles is 1. The van der Waals surface area contributed by atoms with Gasteiger partial charge >= 0.3 is 6.08 Å². The molecule has 18 heavy (non-hydrogen) atoms. The molecular weight excluding hydrogens is 238 g/mol. The number of hydrogen-bond acceptors (Lipinski definition) is 4. The second-order valence-electron chi connectivity index (χ2n) is 3.77. The van der Waals surface area contributed by atoms with Crippen molar-refractivity contribution in [3.63, 3.8) is 0 Å². The van der Waals surface area contributed by atoms with Crippen LogP contribution >= 0.6 is 0 Å². The Morgan fingerprint density at radius 2 is 2.11 bits per heavy atom. The van der Waals surface area contributed by atoms with Crippen LogP contribution in [0.5, 0.6) is 0 Å². The van der Waals surface area contributed by atoms with Crippen molar-refractivity contribution in [2.24, 2.45) is 0 Å². The molecule has 2 rings (SSSR count). The Morgan fingerprint density at radius 1 is 1.44 bits per heavy atom. The molecule has 0 spiro atoms. The number of nitrogens with two attached hydrogens (primary N) is 1. The van der Waals surface area contributed by atoms with Gasteiger partial charge in [-0.3, -0.25) is 0 Å². The van der Waals surface area contributed by atoms with E-state index in [0.717, 1.165) is 6.07 Å². The van der Waals surface area contributed by atoms with Crippen LogP contribution < -0.4 is 5.73 Å². The highest BCUT2D eigenvalue weighted by atomic mass is 19.1. The molecule has 0 atom stereocenters. The Bertz CT molecular complexity index is 716. The lowest BCUT2D eigenvalue weighted by molar-refractivity contribution is 0.542. The number of fused-ring (bicyclic) bond motifs is 1. The zero-order chi connectivity index (χ0) is 13.4. The summed E-state index contributed by atoms with van der Waals surface area (Å²) in [4.78, 5) is 6.72. The average Bonchev–Trinajstić information content (AvgIpc) is 2.29. The molecule has 0 fully saturated rings. The smallest absolute Gasteiger partial charge is 0.311 e. The highest BCUT2D eigenvalue weighted by molar-refractivity contribution is 5.99. The van der Waals surface area contributed by atoms with Gasteiger partial charge in [-0.15, -0.1) is 0 Å². The molecule has 0 aliphatic carbocycles. The molecule has 2 aromatic rings. The van der Waals surface area contributed by atoms with Crippen LogP contribution in [0.2, 0.25) is 0 Å². The fourth-order valence-electron chi connectivity index (χ4n) is 1.80. The van der Waals surface area contributed by atoms with Gasteiger partial charge < -0.3 is 5.73 Å². The molecule has 0 saturated carbocycles. The van der Waals surface area contributed by atoms with Crippen molar-refractivity contribution in [3.05, 3.63) is 35.7 Å². The molecule has 0 aliphatic rings. The van der Waals surface area contributed by atoms with Crippen molar-refractivity contribution in [1.82, 2.24) is 9.97 Å². The van der Waals surface area contributed by atoms with Crippen LogP contribution in [0, 0.1) is 23.2 Å². The van der Waals surface area contributed by atoms with Gasteiger partial charge in [0.25, 0.3) is 0 Å². The lowest BCUT2D eigenvalue weighted by atomic mass is 9.97. The summed E-state index contributed by atoms with van der Waals surface area (Å²) in [7, 11) is 0. The minimum Gasteiger partial charge on any atom is -0.383 e. The lowest BCUT2D eigenvalue weighted by Gasteiger charge is -2.10. The number of halogens is 2. The van der Waals surface area contributed by atoms with E-state index in [1.165, 1.54) is 0 Å². The number of hydrogen-bond donors (Lipinski definition) is 1. The molecule has 0 bridgehead atoms. The maximum Gasteiger partial charge on any atom is 0.311 e. The zero-order valence-electron chi connectivity index (χ0n) is 9.46. The van der Waals surface area contributed by atoms with E-state index in [0.29, 0.717) is 11.1 Å². The van der Waals surface area contributed by atoms with Crippen LogP contribution in [0.25, 0.3) is 16.5 Å². The fraction of sp³-hybridized carbons (Fsp3) is 0.0833. The normalized spacial score (nSPS) is 10.3. The number of allylic oxidation sites excluding steroid dienone is 1. The largest absolute Gasteiger partial charge is 0.383 e. The first-order chi connectivity index (χ1) is 8.45. The first-order valence-electron chi connectivity index (χ1n) is 4.97. The highest BCUT2D eigenvalue weighted by Crippen LogP contribution is 2.31. The predicted octanol–water partition coefficient (Wildman–Crippen LogP) is 2.39. The monoisotopic (exact) mass is 246 g/mol. The van der Waals surface area contributed by atoms with Crippen LogP contribution in [-0.2, 0) is 0 Å². The van der Waals surface area contributed by atoms with Crippen LogP contribution in [-0.4, -0.2) is 9.97 Å². The van der Waals surface area contributed by atoms with E-state index in [1.54, 1.807) is 6.92 Å². The number of rotatable bonds is 1. The zero-order valence-corrected chi connectivity index (χ0v) is 9.46. The van der Waals surface area contributed by atoms with Crippen molar-refractivity contribution >= 4 is 22.3 Å². The van der Waals surface area contributed by atoms with E-state index >= 15 is 0 Å². The van der Waals surface area contributed by atoms with Crippen LogP contribution in [0.1, 0.15) is 18.1 Å². The van der Waals surface area contributed by atoms with Gasteiger partial charge in [0, 0.05) is 5.56 Å². The van der Waals surface area contributed by atoms with E-state index < -0.39 is 11.9 Å². The molecule has 0 unspecified atom stereocenters. The van der Waals surface area contributed by atoms with E-state index in [9.17, 15) is 8.78 Å². The Labute approximate surface area is 101 Å². The van der Waals surface area contributed by atoms with E-state index in [2.05, 4.69) is 16.5 Å². The number of nitrogens with zero attached hydrogens (tertiary/aromatic N) is 3. The topological polar surface area (TPSA) is 75.6 Å². The van der Waals surface area contributed by atoms with Gasteiger partial charge in [0.15, 0.2) is 5.82 Å². The summed E-state index contributed by atoms with van der Waals surface area (Å²) >= 11 is 0. The summed E-state index contributed by atoms with van der Waals surface area (Å²) in [5.74, 6) is -1.04. The summed E-state index contributed by atoms with van der Waals surface area (Å²) in [6.07, 6.45) is -1.11. The summed E-state index contributed by atoms with van der Waals surface area (Å²) in [5.41, 5.74) is 6.23. The molecule has 0 radical (unpaired) electrons. The quantitative estimate of drug-likeness (QED) is 0.784. The maximum atomic E-state index is 13.7. The van der Waals surface area contributed by atoms with E-state index in [-0.39, 0.29) is 22.3 Å². The predicted molar refractivity (Wildman–Crippen MR) is 63.3 cm³/mol. The van der Waals surface area contributed by atoms with Gasteiger partial charge in [-0.2, -0.15) is 19.6 Å². The second kappa shape index (κ2) is 4.04. The maximum absolute atomic E-state index is 13.7. The van der Waals surface area contributed by atoms with Crippen molar-refractivity contribution in [3.8, 4) is 6.07 Å². The van der Waals surface area contributed by atoms with Crippen molar-refractivity contribution in [2.75, 3.05) is 5.73 Å². The third kappa shape index (κ3) is 1.66. The first-order valence-corrected chi connectivity index (χ1v) is 4.97. The first kappa shape index (κ1) is 11.9. The molecule has 2 N–H and O–H groups in total. The highest BCUT2D eigenvalue weighted by Gasteiger charge is 2.18. The van der Waals surface area contributed by atoms with Crippen molar-refractivity contribution in [1.29, 1.82) is 5.26 Å². The van der Waals surface area contributed by atoms with Crippen LogP contribution in [0.4, 0.5) is 14.6 Å². The Kier molecular flexibility index (Phi) is 2.67. The minimum atomic E-state index is -1.11. The number of aromatic nitrogens is 2. The third-order valence-electron chi connectivity index (χ3n) is 2.47. The molecule has 1 heterocycles. The van der Waals surface area contributed by atoms with Gasteiger partial charge in [-0.25, -0.2) is 4.39 Å². The molecule has 0 amide bonds. The van der Waals surface area contributed by atoms with Crippen molar-refractivity contribution in [2.45, 2.75) is 6.92 Å². The van der Waals surface area contributed by atoms with Gasteiger partial charge in [0.05, 0.1) is 17.0 Å². The molecule has 90 valence electrons. The van der Waals surface area contributed by atoms with Gasteiger partial charge in [0.2, 0.25) is 0 Å². The Balaban J connectivity index is 3.09. The molecule has 6 heteroatoms. The SMILES string of the molecule is C=C(C)c1c(C#N)cc(F)c2nc(F)nc(N)c12. The summed E-state index contributed by atoms with van der Waals surface area (Å²) < 4.78 is 26.8. The summed E-state index contributed by atoms with van der Waals surface area (Å²) in [5, 5.41) is 9.09. The summed E-state index contributed by atoms with van der Waals surface area (Å²) in [6.45, 7) is 5.33. The number of nitrogen functional groups attached to an aromatic ring is 1. The van der Waals surface area contributed by atoms with E-state index in [1.807, 2.05) is 6.07 Å². The number of benzene rings is 1. The third-order valence-corrected chi connectivity index (χ3v) is 2.47. The van der Waals surface area contributed by atoms with Crippen LogP contribution in [0.15, 0.2) is 12.6 Å². The Morgan fingerprint density at radius 3 is 2.67 bits per heavy atom. The lowest BCUT2D eigenvalue weighted by Crippen LogP contribution is -2.03. The molecule has 0 saturated heterocycles. The van der Waals surface area contributed by atoms with Gasteiger partial charge in [0.1, 0.15) is 11.3 Å². The molecule has 1 aromatic carbocycles. The van der Waals surface area contributed by atoms with Crippen molar-refractivity contribution < 1.29 is 8.78 Å². The minimum absolute atomic E-state index is 0.0643. The fourth-order valence-corrected chi connectivity index (χ4v) is 1.80. The molecule has 4 nitrogen and oxygen atoms in total. The summed E-state index contributed by atoms with van der Waals surface area (Å²) in [6, 6.07) is 2.83. The standard InChI is InChI=1S/C12H8F2N4/c1-5(2)8-6(4-15)3-7(13)10-9(8)11(16)18-12(14)17-10/h3H,1H2,2H3,(H2,16,17,18). The second-order valence-corrected chi connectivity index (χ2v) is 3.77. The average molecular weight is 246 g/mol. The van der Waals surface area contributed by atoms with E-state index in [4.69, 9.17) is 11.0 Å². The number of anilines is 1. The van der Waals surface area contributed by atoms with Crippen LogP contribution in [0.3, 0.4) is 0 Å². The Hall–Kier alpha value is -2.55. The molecule has 1 aromatic heterocycles. The molecular formula is C12H8F2N4. The molecule has 0 aliphatic heterocycles. The van der Waals surface area contributed by atoms with Gasteiger partial charge in [-0.1, -0.05) is 6.58 Å².